The average molecular weight is 1160 g/mol. The fourth-order valence-corrected chi connectivity index (χ4v) is 10.2. The number of hydrogen-bond donors (Lipinski definition) is 0. The number of carbonyl (C=O) groups is 3. The van der Waals surface area contributed by atoms with E-state index in [1.165, 1.54) is 212 Å². The smallest absolute Gasteiger partial charge is 0.306 e. The summed E-state index contributed by atoms with van der Waals surface area (Å²) in [7, 11) is 0. The van der Waals surface area contributed by atoms with E-state index < -0.39 is 6.10 Å². The van der Waals surface area contributed by atoms with Crippen LogP contribution in [-0.2, 0) is 28.6 Å². The van der Waals surface area contributed by atoms with Gasteiger partial charge in [-0.25, -0.2) is 0 Å². The van der Waals surface area contributed by atoms with E-state index in [1.807, 2.05) is 0 Å². The Hall–Kier alpha value is -3.67. The molecule has 1 atom stereocenters. The molecule has 0 rings (SSSR count). The number of hydrogen-bond acceptors (Lipinski definition) is 6. The molecule has 0 radical (unpaired) electrons. The third-order valence-corrected chi connectivity index (χ3v) is 15.5. The van der Waals surface area contributed by atoms with Gasteiger partial charge in [-0.1, -0.05) is 311 Å². The van der Waals surface area contributed by atoms with Crippen LogP contribution in [0.1, 0.15) is 355 Å². The first-order chi connectivity index (χ1) is 41.0. The van der Waals surface area contributed by atoms with E-state index in [0.717, 1.165) is 103 Å². The van der Waals surface area contributed by atoms with Crippen molar-refractivity contribution in [3.8, 4) is 0 Å². The van der Waals surface area contributed by atoms with Crippen molar-refractivity contribution in [1.29, 1.82) is 0 Å². The maximum atomic E-state index is 13.0. The van der Waals surface area contributed by atoms with Crippen LogP contribution in [0.4, 0.5) is 0 Å². The Morgan fingerprint density at radius 2 is 0.470 bits per heavy atom. The third kappa shape index (κ3) is 69.0. The van der Waals surface area contributed by atoms with Crippen LogP contribution in [0.15, 0.2) is 97.2 Å². The summed E-state index contributed by atoms with van der Waals surface area (Å²) in [6.07, 6.45) is 95.7. The summed E-state index contributed by atoms with van der Waals surface area (Å²) in [6, 6.07) is 0. The minimum atomic E-state index is -0.788. The molecule has 0 amide bonds. The van der Waals surface area contributed by atoms with Gasteiger partial charge in [0.15, 0.2) is 6.10 Å². The van der Waals surface area contributed by atoms with Crippen molar-refractivity contribution in [2.45, 2.75) is 361 Å². The summed E-state index contributed by atoms with van der Waals surface area (Å²) >= 11 is 0. The summed E-state index contributed by atoms with van der Waals surface area (Å²) in [5, 5.41) is 0. The van der Waals surface area contributed by atoms with E-state index in [-0.39, 0.29) is 31.1 Å². The van der Waals surface area contributed by atoms with Crippen molar-refractivity contribution in [3.63, 3.8) is 0 Å². The van der Waals surface area contributed by atoms with Crippen LogP contribution in [0, 0.1) is 0 Å². The van der Waals surface area contributed by atoms with Crippen molar-refractivity contribution in [2.75, 3.05) is 13.2 Å². The van der Waals surface area contributed by atoms with Gasteiger partial charge in [0, 0.05) is 19.3 Å². The van der Waals surface area contributed by atoms with Crippen LogP contribution in [0.3, 0.4) is 0 Å². The maximum Gasteiger partial charge on any atom is 0.306 e. The summed E-state index contributed by atoms with van der Waals surface area (Å²) in [6.45, 7) is 6.53. The summed E-state index contributed by atoms with van der Waals surface area (Å²) in [5.74, 6) is -0.881. The van der Waals surface area contributed by atoms with E-state index in [0.29, 0.717) is 19.3 Å². The van der Waals surface area contributed by atoms with Crippen molar-refractivity contribution in [1.82, 2.24) is 0 Å². The van der Waals surface area contributed by atoms with Crippen LogP contribution in [-0.4, -0.2) is 37.2 Å². The number of esters is 3. The second kappa shape index (κ2) is 70.8. The molecule has 0 N–H and O–H groups in total. The summed E-state index contributed by atoms with van der Waals surface area (Å²) in [5.41, 5.74) is 0. The largest absolute Gasteiger partial charge is 0.462 e. The first kappa shape index (κ1) is 79.3. The highest BCUT2D eigenvalue weighted by Crippen LogP contribution is 2.17. The normalized spacial score (nSPS) is 12.7. The molecule has 6 heteroatoms. The zero-order valence-corrected chi connectivity index (χ0v) is 54.9. The summed E-state index contributed by atoms with van der Waals surface area (Å²) in [4.78, 5) is 38.5. The third-order valence-electron chi connectivity index (χ3n) is 15.5. The average Bonchev–Trinajstić information content (AvgIpc) is 3.50. The highest BCUT2D eigenvalue weighted by atomic mass is 16.6. The molecule has 0 aromatic rings. The molecule has 0 heterocycles. The Morgan fingerprint density at radius 1 is 0.253 bits per heavy atom. The van der Waals surface area contributed by atoms with Gasteiger partial charge in [-0.2, -0.15) is 0 Å². The first-order valence-electron chi connectivity index (χ1n) is 35.7. The first-order valence-corrected chi connectivity index (χ1v) is 35.7. The van der Waals surface area contributed by atoms with Gasteiger partial charge in [-0.05, 0) is 122 Å². The number of ether oxygens (including phenoxy) is 3. The molecule has 83 heavy (non-hydrogen) atoms. The predicted molar refractivity (Wildman–Crippen MR) is 362 cm³/mol. The van der Waals surface area contributed by atoms with Gasteiger partial charge in [0.2, 0.25) is 0 Å². The number of allylic oxidation sites excluding steroid dienone is 16. The lowest BCUT2D eigenvalue weighted by atomic mass is 10.0. The Balaban J connectivity index is 4.38. The Kier molecular flexibility index (Phi) is 67.7. The monoisotopic (exact) mass is 1160 g/mol. The molecule has 0 aromatic heterocycles. The molecule has 6 nitrogen and oxygen atoms in total. The molecule has 0 aromatic carbocycles. The van der Waals surface area contributed by atoms with E-state index in [1.54, 1.807) is 0 Å². The standard InChI is InChI=1S/C77H134O6/c1-4-7-10-13-16-19-22-25-28-31-34-36-37-38-39-41-43-46-49-52-55-58-61-64-67-70-76(79)82-73-74(72-81-75(78)69-66-63-60-57-54-51-48-45-42-33-30-27-24-21-18-15-12-9-6-3)83-77(80)71-68-65-62-59-56-53-50-47-44-40-35-32-29-26-23-20-17-14-11-8-5-2/h7,10,16,18-19,21,25,27-28,30,32,34-36,42,45,74H,4-6,8-9,11-15,17,20,22-24,26,29,31,33,37-41,43-44,46-73H2,1-3H3/b10-7-,19-16-,21-18-,28-25-,30-27-,35-32-,36-34-,45-42-. The zero-order valence-electron chi connectivity index (χ0n) is 54.9. The summed E-state index contributed by atoms with van der Waals surface area (Å²) < 4.78 is 17.0. The molecule has 0 aliphatic heterocycles. The topological polar surface area (TPSA) is 78.9 Å². The predicted octanol–water partition coefficient (Wildman–Crippen LogP) is 24.8. The Morgan fingerprint density at radius 3 is 0.771 bits per heavy atom. The Labute approximate surface area is 515 Å². The molecule has 0 saturated heterocycles. The van der Waals surface area contributed by atoms with Gasteiger partial charge in [0.1, 0.15) is 13.2 Å². The van der Waals surface area contributed by atoms with Gasteiger partial charge in [-0.3, -0.25) is 14.4 Å². The Bertz CT molecular complexity index is 1610. The molecule has 1 unspecified atom stereocenters. The lowest BCUT2D eigenvalue weighted by molar-refractivity contribution is -0.167. The van der Waals surface area contributed by atoms with Crippen LogP contribution < -0.4 is 0 Å². The van der Waals surface area contributed by atoms with E-state index in [2.05, 4.69) is 118 Å². The van der Waals surface area contributed by atoms with E-state index >= 15 is 0 Å². The molecular weight excluding hydrogens is 1020 g/mol. The van der Waals surface area contributed by atoms with Gasteiger partial charge < -0.3 is 14.2 Å². The number of unbranched alkanes of at least 4 members (excludes halogenated alkanes) is 38. The second-order valence-electron chi connectivity index (χ2n) is 23.8. The van der Waals surface area contributed by atoms with Gasteiger partial charge >= 0.3 is 17.9 Å². The van der Waals surface area contributed by atoms with Crippen molar-refractivity contribution in [3.05, 3.63) is 97.2 Å². The van der Waals surface area contributed by atoms with E-state index in [9.17, 15) is 14.4 Å². The molecule has 0 aliphatic carbocycles. The van der Waals surface area contributed by atoms with Crippen molar-refractivity contribution in [2.24, 2.45) is 0 Å². The molecule has 0 spiro atoms. The fraction of sp³-hybridized carbons (Fsp3) is 0.753. The fourth-order valence-electron chi connectivity index (χ4n) is 10.2. The zero-order chi connectivity index (χ0) is 59.9. The van der Waals surface area contributed by atoms with E-state index in [4.69, 9.17) is 14.2 Å². The minimum Gasteiger partial charge on any atom is -0.462 e. The van der Waals surface area contributed by atoms with Gasteiger partial charge in [-0.15, -0.1) is 0 Å². The molecule has 0 saturated carbocycles. The molecule has 478 valence electrons. The van der Waals surface area contributed by atoms with Crippen LogP contribution in [0.5, 0.6) is 0 Å². The molecule has 0 aliphatic rings. The SMILES string of the molecule is CC/C=C\C/C=C\C/C=C\C/C=C\CCCCCCCCCCCCCCC(=O)OCC(COC(=O)CCCCCCCC/C=C\C/C=C\C/C=C\CCCCC)OC(=O)CCCCCCCCCCC/C=C\CCCCCCCCCC. The lowest BCUT2D eigenvalue weighted by Crippen LogP contribution is -2.30. The van der Waals surface area contributed by atoms with Crippen LogP contribution in [0.2, 0.25) is 0 Å². The number of rotatable bonds is 65. The highest BCUT2D eigenvalue weighted by Gasteiger charge is 2.19. The van der Waals surface area contributed by atoms with Crippen LogP contribution >= 0.6 is 0 Å². The quantitative estimate of drug-likeness (QED) is 0.0261. The van der Waals surface area contributed by atoms with Crippen molar-refractivity contribution >= 4 is 17.9 Å². The van der Waals surface area contributed by atoms with Crippen molar-refractivity contribution < 1.29 is 28.6 Å². The molecular formula is C77H134O6. The minimum absolute atomic E-state index is 0.0819. The van der Waals surface area contributed by atoms with Gasteiger partial charge in [0.05, 0.1) is 0 Å². The number of carbonyl (C=O) groups excluding carboxylic acids is 3. The lowest BCUT2D eigenvalue weighted by Gasteiger charge is -2.18. The molecule has 0 bridgehead atoms. The molecule has 0 fully saturated rings. The highest BCUT2D eigenvalue weighted by molar-refractivity contribution is 5.71. The second-order valence-corrected chi connectivity index (χ2v) is 23.8. The maximum absolute atomic E-state index is 13.0. The van der Waals surface area contributed by atoms with Gasteiger partial charge in [0.25, 0.3) is 0 Å². The van der Waals surface area contributed by atoms with Crippen LogP contribution in [0.25, 0.3) is 0 Å².